The number of nitrogens with one attached hydrogen (secondary N) is 1. The Labute approximate surface area is 151 Å². The van der Waals surface area contributed by atoms with Crippen molar-refractivity contribution in [1.29, 1.82) is 0 Å². The minimum absolute atomic E-state index is 0.0565. The fourth-order valence-electron chi connectivity index (χ4n) is 4.48. The molecule has 25 heavy (non-hydrogen) atoms. The van der Waals surface area contributed by atoms with E-state index in [4.69, 9.17) is 0 Å². The van der Waals surface area contributed by atoms with Gasteiger partial charge in [0.2, 0.25) is 11.8 Å². The molecule has 2 heterocycles. The third kappa shape index (κ3) is 4.17. The molecular weight excluding hydrogens is 316 g/mol. The molecular formula is C19H34N4O2. The molecule has 0 spiro atoms. The van der Waals surface area contributed by atoms with Gasteiger partial charge >= 0.3 is 0 Å². The highest BCUT2D eigenvalue weighted by Gasteiger charge is 2.47. The summed E-state index contributed by atoms with van der Waals surface area (Å²) in [5.74, 6) is 0.192. The van der Waals surface area contributed by atoms with E-state index in [2.05, 4.69) is 22.0 Å². The predicted molar refractivity (Wildman–Crippen MR) is 98.3 cm³/mol. The number of likely N-dealkylation sites (N-methyl/N-ethyl adjacent to an activating group) is 1. The van der Waals surface area contributed by atoms with Gasteiger partial charge in [0, 0.05) is 51.7 Å². The molecule has 6 heteroatoms. The molecule has 3 aliphatic rings. The summed E-state index contributed by atoms with van der Waals surface area (Å²) in [5.41, 5.74) is -0.662. The minimum atomic E-state index is -0.662. The van der Waals surface area contributed by atoms with Crippen molar-refractivity contribution in [2.24, 2.45) is 0 Å². The Morgan fingerprint density at radius 3 is 2.40 bits per heavy atom. The fraction of sp³-hybridized carbons (Fsp3) is 0.895. The molecule has 1 saturated carbocycles. The lowest BCUT2D eigenvalue weighted by molar-refractivity contribution is -0.141. The molecule has 0 radical (unpaired) electrons. The van der Waals surface area contributed by atoms with E-state index in [1.165, 1.54) is 12.8 Å². The van der Waals surface area contributed by atoms with E-state index in [1.807, 2.05) is 11.8 Å². The molecule has 2 amide bonds. The number of carbonyl (C=O) groups excluding carboxylic acids is 2. The lowest BCUT2D eigenvalue weighted by Gasteiger charge is -2.38. The van der Waals surface area contributed by atoms with Gasteiger partial charge in [0.1, 0.15) is 5.54 Å². The number of nitrogens with zero attached hydrogens (tertiary/aromatic N) is 3. The van der Waals surface area contributed by atoms with E-state index in [9.17, 15) is 9.59 Å². The summed E-state index contributed by atoms with van der Waals surface area (Å²) >= 11 is 0. The largest absolute Gasteiger partial charge is 0.351 e. The normalized spacial score (nSPS) is 29.5. The second kappa shape index (κ2) is 8.04. The third-order valence-corrected chi connectivity index (χ3v) is 6.45. The Bertz CT molecular complexity index is 484. The van der Waals surface area contributed by atoms with Crippen molar-refractivity contribution >= 4 is 11.8 Å². The first kappa shape index (κ1) is 18.6. The van der Waals surface area contributed by atoms with Crippen molar-refractivity contribution in [3.8, 4) is 0 Å². The van der Waals surface area contributed by atoms with Crippen molar-refractivity contribution in [2.45, 2.75) is 64.0 Å². The summed E-state index contributed by atoms with van der Waals surface area (Å²) in [5, 5.41) is 3.21. The van der Waals surface area contributed by atoms with Gasteiger partial charge in [-0.25, -0.2) is 0 Å². The zero-order valence-corrected chi connectivity index (χ0v) is 15.9. The minimum Gasteiger partial charge on any atom is -0.351 e. The van der Waals surface area contributed by atoms with Crippen LogP contribution in [-0.2, 0) is 9.59 Å². The van der Waals surface area contributed by atoms with Crippen molar-refractivity contribution in [1.82, 2.24) is 20.0 Å². The lowest BCUT2D eigenvalue weighted by Crippen LogP contribution is -2.58. The van der Waals surface area contributed by atoms with Crippen molar-refractivity contribution in [2.75, 3.05) is 45.8 Å². The molecule has 2 saturated heterocycles. The summed E-state index contributed by atoms with van der Waals surface area (Å²) in [6, 6.07) is 0.309. The zero-order chi connectivity index (χ0) is 17.9. The van der Waals surface area contributed by atoms with Crippen LogP contribution >= 0.6 is 0 Å². The molecule has 3 rings (SSSR count). The molecule has 1 N–H and O–H groups in total. The first-order valence-corrected chi connectivity index (χ1v) is 10.1. The molecule has 6 nitrogen and oxygen atoms in total. The predicted octanol–water partition coefficient (Wildman–Crippen LogP) is 1.06. The topological polar surface area (TPSA) is 55.9 Å². The summed E-state index contributed by atoms with van der Waals surface area (Å²) in [4.78, 5) is 32.0. The van der Waals surface area contributed by atoms with E-state index in [-0.39, 0.29) is 11.8 Å². The Morgan fingerprint density at radius 1 is 1.12 bits per heavy atom. The van der Waals surface area contributed by atoms with Crippen LogP contribution in [0.15, 0.2) is 0 Å². The van der Waals surface area contributed by atoms with E-state index >= 15 is 0 Å². The van der Waals surface area contributed by atoms with E-state index in [0.29, 0.717) is 25.4 Å². The van der Waals surface area contributed by atoms with Crippen LogP contribution in [0.2, 0.25) is 0 Å². The van der Waals surface area contributed by atoms with Gasteiger partial charge in [0.15, 0.2) is 0 Å². The monoisotopic (exact) mass is 350 g/mol. The standard InChI is InChI=1S/C19H34N4O2/c1-3-21-10-12-22(13-11-21)14-15-23-17(24)8-9-19(23,2)18(25)20-16-6-4-5-7-16/h16H,3-15H2,1-2H3,(H,20,25)/t19-/m1/s1. The number of piperazine rings is 1. The molecule has 0 bridgehead atoms. The van der Waals surface area contributed by atoms with Gasteiger partial charge in [-0.05, 0) is 32.7 Å². The maximum Gasteiger partial charge on any atom is 0.245 e. The number of hydrogen-bond donors (Lipinski definition) is 1. The van der Waals surface area contributed by atoms with Crippen LogP contribution in [0, 0.1) is 0 Å². The Morgan fingerprint density at radius 2 is 1.76 bits per heavy atom. The quantitative estimate of drug-likeness (QED) is 0.778. The van der Waals surface area contributed by atoms with Crippen molar-refractivity contribution < 1.29 is 9.59 Å². The third-order valence-electron chi connectivity index (χ3n) is 6.45. The van der Waals surface area contributed by atoms with E-state index in [0.717, 1.165) is 52.1 Å². The van der Waals surface area contributed by atoms with Gasteiger partial charge in [-0.1, -0.05) is 19.8 Å². The molecule has 0 aromatic heterocycles. The average molecular weight is 351 g/mol. The number of amides is 2. The Hall–Kier alpha value is -1.14. The lowest BCUT2D eigenvalue weighted by atomic mass is 9.97. The van der Waals surface area contributed by atoms with Crippen LogP contribution < -0.4 is 5.32 Å². The van der Waals surface area contributed by atoms with Crippen LogP contribution in [0.1, 0.15) is 52.4 Å². The van der Waals surface area contributed by atoms with Crippen LogP contribution in [-0.4, -0.2) is 83.9 Å². The van der Waals surface area contributed by atoms with Gasteiger partial charge in [0.05, 0.1) is 0 Å². The molecule has 0 aromatic carbocycles. The summed E-state index contributed by atoms with van der Waals surface area (Å²) < 4.78 is 0. The van der Waals surface area contributed by atoms with Crippen LogP contribution in [0.5, 0.6) is 0 Å². The second-order valence-corrected chi connectivity index (χ2v) is 8.05. The van der Waals surface area contributed by atoms with Gasteiger partial charge in [-0.15, -0.1) is 0 Å². The molecule has 3 fully saturated rings. The molecule has 2 aliphatic heterocycles. The Balaban J connectivity index is 1.54. The van der Waals surface area contributed by atoms with Crippen molar-refractivity contribution in [3.63, 3.8) is 0 Å². The second-order valence-electron chi connectivity index (χ2n) is 8.05. The molecule has 1 atom stereocenters. The Kier molecular flexibility index (Phi) is 6.00. The molecule has 142 valence electrons. The van der Waals surface area contributed by atoms with Gasteiger partial charge < -0.3 is 15.1 Å². The van der Waals surface area contributed by atoms with Gasteiger partial charge in [0.25, 0.3) is 0 Å². The smallest absolute Gasteiger partial charge is 0.245 e. The first-order chi connectivity index (χ1) is 12.0. The van der Waals surface area contributed by atoms with Crippen LogP contribution in [0.4, 0.5) is 0 Å². The SMILES string of the molecule is CCN1CCN(CCN2C(=O)CC[C@]2(C)C(=O)NC2CCCC2)CC1. The van der Waals surface area contributed by atoms with Gasteiger partial charge in [-0.3, -0.25) is 14.5 Å². The average Bonchev–Trinajstić information content (AvgIpc) is 3.23. The van der Waals surface area contributed by atoms with Gasteiger partial charge in [-0.2, -0.15) is 0 Å². The first-order valence-electron chi connectivity index (χ1n) is 10.1. The molecule has 1 aliphatic carbocycles. The fourth-order valence-corrected chi connectivity index (χ4v) is 4.48. The zero-order valence-electron chi connectivity index (χ0n) is 15.9. The summed E-state index contributed by atoms with van der Waals surface area (Å²) in [6.45, 7) is 11.1. The number of carbonyl (C=O) groups is 2. The maximum absolute atomic E-state index is 12.9. The number of hydrogen-bond acceptors (Lipinski definition) is 4. The number of likely N-dealkylation sites (tertiary alicyclic amines) is 1. The van der Waals surface area contributed by atoms with E-state index in [1.54, 1.807) is 0 Å². The van der Waals surface area contributed by atoms with Crippen LogP contribution in [0.3, 0.4) is 0 Å². The van der Waals surface area contributed by atoms with Crippen molar-refractivity contribution in [3.05, 3.63) is 0 Å². The maximum atomic E-state index is 12.9. The highest BCUT2D eigenvalue weighted by molar-refractivity contribution is 5.94. The number of rotatable bonds is 6. The highest BCUT2D eigenvalue weighted by Crippen LogP contribution is 2.31. The van der Waals surface area contributed by atoms with E-state index < -0.39 is 5.54 Å². The molecule has 0 unspecified atom stereocenters. The van der Waals surface area contributed by atoms with Crippen LogP contribution in [0.25, 0.3) is 0 Å². The summed E-state index contributed by atoms with van der Waals surface area (Å²) in [6.07, 6.45) is 5.71. The summed E-state index contributed by atoms with van der Waals surface area (Å²) in [7, 11) is 0. The molecule has 0 aromatic rings. The highest BCUT2D eigenvalue weighted by atomic mass is 16.2.